The van der Waals surface area contributed by atoms with Gasteiger partial charge in [0.25, 0.3) is 0 Å². The molecule has 4 heteroatoms. The van der Waals surface area contributed by atoms with Crippen molar-refractivity contribution in [1.82, 2.24) is 10.2 Å². The summed E-state index contributed by atoms with van der Waals surface area (Å²) in [6.07, 6.45) is 1.68. The maximum atomic E-state index is 12.1. The number of nitrogens with zero attached hydrogens (tertiary/aromatic N) is 1. The molecule has 0 aliphatic carbocycles. The molecule has 20 heavy (non-hydrogen) atoms. The standard InChI is InChI=1S/C16H22N2O2/c1-17-11-13-9-10-18(12-13)16(20)8-7-15(19)14-5-3-2-4-6-14/h2-6,13,17H,7-12H2,1H3. The summed E-state index contributed by atoms with van der Waals surface area (Å²) in [5.41, 5.74) is 0.690. The summed E-state index contributed by atoms with van der Waals surface area (Å²) < 4.78 is 0. The molecule has 1 aliphatic rings. The van der Waals surface area contributed by atoms with Crippen molar-refractivity contribution in [2.45, 2.75) is 19.3 Å². The minimum atomic E-state index is 0.0462. The zero-order valence-electron chi connectivity index (χ0n) is 12.0. The summed E-state index contributed by atoms with van der Waals surface area (Å²) in [6.45, 7) is 2.59. The van der Waals surface area contributed by atoms with Crippen LogP contribution in [0.4, 0.5) is 0 Å². The van der Waals surface area contributed by atoms with Gasteiger partial charge in [0.15, 0.2) is 5.78 Å². The van der Waals surface area contributed by atoms with Gasteiger partial charge in [-0.2, -0.15) is 0 Å². The minimum Gasteiger partial charge on any atom is -0.342 e. The predicted molar refractivity (Wildman–Crippen MR) is 78.6 cm³/mol. The maximum Gasteiger partial charge on any atom is 0.223 e. The van der Waals surface area contributed by atoms with Gasteiger partial charge < -0.3 is 10.2 Å². The number of rotatable bonds is 6. The summed E-state index contributed by atoms with van der Waals surface area (Å²) in [5, 5.41) is 3.15. The largest absolute Gasteiger partial charge is 0.342 e. The van der Waals surface area contributed by atoms with Crippen LogP contribution in [0.1, 0.15) is 29.6 Å². The Kier molecular flexibility index (Phi) is 5.30. The highest BCUT2D eigenvalue weighted by molar-refractivity contribution is 5.97. The van der Waals surface area contributed by atoms with E-state index in [9.17, 15) is 9.59 Å². The predicted octanol–water partition coefficient (Wildman–Crippen LogP) is 1.72. The first-order chi connectivity index (χ1) is 9.70. The SMILES string of the molecule is CNCC1CCN(C(=O)CCC(=O)c2ccccc2)C1. The van der Waals surface area contributed by atoms with Crippen molar-refractivity contribution in [3.8, 4) is 0 Å². The van der Waals surface area contributed by atoms with Crippen LogP contribution in [0.25, 0.3) is 0 Å². The van der Waals surface area contributed by atoms with Gasteiger partial charge in [0.1, 0.15) is 0 Å². The van der Waals surface area contributed by atoms with Gasteiger partial charge in [0.05, 0.1) is 0 Å². The first-order valence-electron chi connectivity index (χ1n) is 7.21. The third kappa shape index (κ3) is 3.90. The molecule has 0 aromatic heterocycles. The zero-order valence-corrected chi connectivity index (χ0v) is 12.0. The van der Waals surface area contributed by atoms with E-state index in [1.807, 2.05) is 30.1 Å². The molecule has 1 unspecified atom stereocenters. The minimum absolute atomic E-state index is 0.0462. The van der Waals surface area contributed by atoms with E-state index in [2.05, 4.69) is 5.32 Å². The number of hydrogen-bond acceptors (Lipinski definition) is 3. The van der Waals surface area contributed by atoms with Crippen LogP contribution in [0.3, 0.4) is 0 Å². The lowest BCUT2D eigenvalue weighted by Crippen LogP contribution is -2.30. The highest BCUT2D eigenvalue weighted by Crippen LogP contribution is 2.17. The van der Waals surface area contributed by atoms with Crippen molar-refractivity contribution in [3.63, 3.8) is 0 Å². The molecule has 0 spiro atoms. The topological polar surface area (TPSA) is 49.4 Å². The maximum absolute atomic E-state index is 12.1. The van der Waals surface area contributed by atoms with E-state index >= 15 is 0 Å². The second kappa shape index (κ2) is 7.20. The van der Waals surface area contributed by atoms with Gasteiger partial charge in [-0.1, -0.05) is 30.3 Å². The molecule has 1 N–H and O–H groups in total. The Morgan fingerprint density at radius 1 is 1.25 bits per heavy atom. The normalized spacial score (nSPS) is 18.2. The van der Waals surface area contributed by atoms with Crippen molar-refractivity contribution < 1.29 is 9.59 Å². The number of nitrogens with one attached hydrogen (secondary N) is 1. The van der Waals surface area contributed by atoms with Crippen LogP contribution in [0.2, 0.25) is 0 Å². The number of carbonyl (C=O) groups excluding carboxylic acids is 2. The van der Waals surface area contributed by atoms with Gasteiger partial charge >= 0.3 is 0 Å². The molecule has 4 nitrogen and oxygen atoms in total. The van der Waals surface area contributed by atoms with E-state index in [1.54, 1.807) is 12.1 Å². The summed E-state index contributed by atoms with van der Waals surface area (Å²) in [5.74, 6) is 0.701. The van der Waals surface area contributed by atoms with Crippen molar-refractivity contribution in [3.05, 3.63) is 35.9 Å². The fourth-order valence-electron chi connectivity index (χ4n) is 2.66. The fourth-order valence-corrected chi connectivity index (χ4v) is 2.66. The Balaban J connectivity index is 1.77. The number of carbonyl (C=O) groups is 2. The van der Waals surface area contributed by atoms with Crippen molar-refractivity contribution in [2.75, 3.05) is 26.7 Å². The molecule has 1 atom stereocenters. The van der Waals surface area contributed by atoms with E-state index in [-0.39, 0.29) is 11.7 Å². The molecular weight excluding hydrogens is 252 g/mol. The Bertz CT molecular complexity index is 459. The first-order valence-corrected chi connectivity index (χ1v) is 7.21. The number of likely N-dealkylation sites (tertiary alicyclic amines) is 1. The monoisotopic (exact) mass is 274 g/mol. The first kappa shape index (κ1) is 14.7. The number of hydrogen-bond donors (Lipinski definition) is 1. The lowest BCUT2D eigenvalue weighted by Gasteiger charge is -2.16. The highest BCUT2D eigenvalue weighted by Gasteiger charge is 2.25. The molecule has 0 bridgehead atoms. The Labute approximate surface area is 120 Å². The molecule has 1 heterocycles. The summed E-state index contributed by atoms with van der Waals surface area (Å²) in [7, 11) is 1.93. The number of Topliss-reactive ketones (excluding diaryl/α,β-unsaturated/α-hetero) is 1. The zero-order chi connectivity index (χ0) is 14.4. The second-order valence-electron chi connectivity index (χ2n) is 5.34. The van der Waals surface area contributed by atoms with E-state index in [0.29, 0.717) is 24.3 Å². The van der Waals surface area contributed by atoms with Crippen LogP contribution in [0.5, 0.6) is 0 Å². The average Bonchev–Trinajstić information content (AvgIpc) is 2.94. The van der Waals surface area contributed by atoms with E-state index in [0.717, 1.165) is 26.1 Å². The fraction of sp³-hybridized carbons (Fsp3) is 0.500. The van der Waals surface area contributed by atoms with Gasteiger partial charge in [-0.3, -0.25) is 9.59 Å². The molecule has 1 aromatic carbocycles. The van der Waals surface area contributed by atoms with Crippen LogP contribution < -0.4 is 5.32 Å². The van der Waals surface area contributed by atoms with Gasteiger partial charge in [-0.15, -0.1) is 0 Å². The second-order valence-corrected chi connectivity index (χ2v) is 5.34. The molecule has 0 saturated carbocycles. The molecule has 2 rings (SSSR count). The molecule has 1 aliphatic heterocycles. The molecule has 108 valence electrons. The van der Waals surface area contributed by atoms with Gasteiger partial charge in [-0.25, -0.2) is 0 Å². The van der Waals surface area contributed by atoms with E-state index in [1.165, 1.54) is 0 Å². The summed E-state index contributed by atoms with van der Waals surface area (Å²) >= 11 is 0. The van der Waals surface area contributed by atoms with Crippen LogP contribution in [0.15, 0.2) is 30.3 Å². The average molecular weight is 274 g/mol. The highest BCUT2D eigenvalue weighted by atomic mass is 16.2. The van der Waals surface area contributed by atoms with Crippen LogP contribution in [-0.4, -0.2) is 43.3 Å². The molecular formula is C16H22N2O2. The van der Waals surface area contributed by atoms with Crippen molar-refractivity contribution in [1.29, 1.82) is 0 Å². The van der Waals surface area contributed by atoms with Gasteiger partial charge in [0, 0.05) is 31.5 Å². The Hall–Kier alpha value is -1.68. The smallest absolute Gasteiger partial charge is 0.223 e. The molecule has 1 saturated heterocycles. The lowest BCUT2D eigenvalue weighted by molar-refractivity contribution is -0.130. The third-order valence-corrected chi connectivity index (χ3v) is 3.79. The Morgan fingerprint density at radius 2 is 2.00 bits per heavy atom. The molecule has 1 amide bonds. The van der Waals surface area contributed by atoms with E-state index < -0.39 is 0 Å². The summed E-state index contributed by atoms with van der Waals surface area (Å²) in [6, 6.07) is 9.17. The number of ketones is 1. The molecule has 1 aromatic rings. The van der Waals surface area contributed by atoms with Crippen LogP contribution in [0, 0.1) is 5.92 Å². The quantitative estimate of drug-likeness (QED) is 0.804. The lowest BCUT2D eigenvalue weighted by atomic mass is 10.1. The van der Waals surface area contributed by atoms with Crippen molar-refractivity contribution >= 4 is 11.7 Å². The number of amides is 1. The van der Waals surface area contributed by atoms with Crippen LogP contribution >= 0.6 is 0 Å². The van der Waals surface area contributed by atoms with E-state index in [4.69, 9.17) is 0 Å². The number of benzene rings is 1. The van der Waals surface area contributed by atoms with Gasteiger partial charge in [0.2, 0.25) is 5.91 Å². The Morgan fingerprint density at radius 3 is 2.70 bits per heavy atom. The van der Waals surface area contributed by atoms with Crippen LogP contribution in [-0.2, 0) is 4.79 Å². The summed E-state index contributed by atoms with van der Waals surface area (Å²) in [4.78, 5) is 25.9. The van der Waals surface area contributed by atoms with Crippen molar-refractivity contribution in [2.24, 2.45) is 5.92 Å². The third-order valence-electron chi connectivity index (χ3n) is 3.79. The molecule has 0 radical (unpaired) electrons. The molecule has 1 fully saturated rings. The van der Waals surface area contributed by atoms with Gasteiger partial charge in [-0.05, 0) is 25.9 Å².